The molecule has 0 fully saturated rings. The van der Waals surface area contributed by atoms with Gasteiger partial charge in [0.15, 0.2) is 12.2 Å². The molecule has 0 saturated carbocycles. The largest absolute Gasteiger partial charge is 0.472 e. The molecule has 3 N–H and O–H groups in total. The summed E-state index contributed by atoms with van der Waals surface area (Å²) in [5, 5.41) is 10.6. The zero-order valence-electron chi connectivity index (χ0n) is 56.6. The SMILES string of the molecule is CCC(C)CCCCCCCCCCC(=O)O[C@H](COC(=O)CCCCCCCCC(C)C)COP(=O)(O)OC[C@H](O)COP(=O)(O)OC[C@@H](COC(=O)CCCCCCCCCCCCCCCC(C)C)OC(=O)CCCCCCCCCC(C)C. The number of aliphatic hydroxyl groups excluding tert-OH is 1. The lowest BCUT2D eigenvalue weighted by atomic mass is 9.99. The molecule has 6 atom stereocenters. The molecule has 0 spiro atoms. The summed E-state index contributed by atoms with van der Waals surface area (Å²) in [7, 11) is -9.90. The van der Waals surface area contributed by atoms with Crippen LogP contribution in [0.3, 0.4) is 0 Å². The number of carbonyl (C=O) groups excluding carboxylic acids is 4. The Morgan fingerprint density at radius 3 is 0.816 bits per heavy atom. The number of unbranched alkanes of at least 4 members (excludes halogenated alkanes) is 30. The predicted octanol–water partition coefficient (Wildman–Crippen LogP) is 18.9. The van der Waals surface area contributed by atoms with Crippen LogP contribution in [0.25, 0.3) is 0 Å². The summed E-state index contributed by atoms with van der Waals surface area (Å²) in [5.41, 5.74) is 0. The van der Waals surface area contributed by atoms with Crippen LogP contribution in [0.1, 0.15) is 331 Å². The van der Waals surface area contributed by atoms with E-state index in [-0.39, 0.29) is 25.7 Å². The van der Waals surface area contributed by atoms with Crippen LogP contribution in [0.2, 0.25) is 0 Å². The molecular formula is C68H132O17P2. The third-order valence-corrected chi connectivity index (χ3v) is 17.8. The van der Waals surface area contributed by atoms with Crippen molar-refractivity contribution in [3.63, 3.8) is 0 Å². The molecule has 19 heteroatoms. The molecule has 17 nitrogen and oxygen atoms in total. The standard InChI is InChI=1S/C68H132O17P2/c1-9-61(8)47-39-31-22-17-18-24-34-42-50-67(72)84-64(55-79-66(71)49-41-33-27-26-30-38-46-60(6)7)57-83-87(76,77)81-53-62(69)52-80-86(74,75)82-56-63(85-68(73)51-43-35-25-19-21-29-37-45-59(4)5)54-78-65(70)48-40-32-23-16-14-12-10-11-13-15-20-28-36-44-58(2)3/h58-64,69H,9-57H2,1-8H3,(H,74,75)(H,76,77)/t61?,62-,63-,64-/m1/s1. The van der Waals surface area contributed by atoms with Crippen molar-refractivity contribution >= 4 is 39.5 Å². The van der Waals surface area contributed by atoms with E-state index in [1.54, 1.807) is 0 Å². The minimum Gasteiger partial charge on any atom is -0.462 e. The molecule has 0 aromatic rings. The molecule has 0 radical (unpaired) electrons. The van der Waals surface area contributed by atoms with Crippen LogP contribution in [0.15, 0.2) is 0 Å². The Hall–Kier alpha value is -1.94. The quantitative estimate of drug-likeness (QED) is 0.0222. The number of esters is 4. The van der Waals surface area contributed by atoms with Crippen LogP contribution in [-0.4, -0.2) is 96.7 Å². The summed E-state index contributed by atoms with van der Waals surface area (Å²) >= 11 is 0. The van der Waals surface area contributed by atoms with E-state index in [1.807, 2.05) is 0 Å². The normalized spacial score (nSPS) is 14.6. The lowest BCUT2D eigenvalue weighted by Gasteiger charge is -2.21. The fraction of sp³-hybridized carbons (Fsp3) is 0.941. The van der Waals surface area contributed by atoms with E-state index < -0.39 is 97.5 Å². The number of carbonyl (C=O) groups is 4. The van der Waals surface area contributed by atoms with E-state index in [9.17, 15) is 43.2 Å². The first-order valence-electron chi connectivity index (χ1n) is 35.2. The van der Waals surface area contributed by atoms with E-state index >= 15 is 0 Å². The van der Waals surface area contributed by atoms with Crippen molar-refractivity contribution in [3.8, 4) is 0 Å². The summed E-state index contributed by atoms with van der Waals surface area (Å²) in [5.74, 6) is 0.799. The molecule has 0 aliphatic carbocycles. The van der Waals surface area contributed by atoms with Crippen molar-refractivity contribution in [3.05, 3.63) is 0 Å². The van der Waals surface area contributed by atoms with Crippen molar-refractivity contribution in [1.29, 1.82) is 0 Å². The highest BCUT2D eigenvalue weighted by molar-refractivity contribution is 7.47. The van der Waals surface area contributed by atoms with E-state index in [1.165, 1.54) is 128 Å². The Morgan fingerprint density at radius 1 is 0.322 bits per heavy atom. The molecule has 3 unspecified atom stereocenters. The van der Waals surface area contributed by atoms with Gasteiger partial charge < -0.3 is 33.8 Å². The molecule has 0 aromatic heterocycles. The monoisotopic (exact) mass is 1280 g/mol. The maximum atomic E-state index is 13.0. The number of phosphoric acid groups is 2. The highest BCUT2D eigenvalue weighted by Gasteiger charge is 2.30. The Kier molecular flexibility index (Phi) is 56.6. The number of ether oxygens (including phenoxy) is 4. The molecule has 0 aliphatic rings. The molecule has 0 heterocycles. The Bertz CT molecular complexity index is 1730. The number of hydrogen-bond donors (Lipinski definition) is 3. The minimum absolute atomic E-state index is 0.103. The minimum atomic E-state index is -4.95. The van der Waals surface area contributed by atoms with Crippen molar-refractivity contribution in [2.45, 2.75) is 350 Å². The van der Waals surface area contributed by atoms with Gasteiger partial charge in [-0.3, -0.25) is 37.3 Å². The van der Waals surface area contributed by atoms with Crippen molar-refractivity contribution in [1.82, 2.24) is 0 Å². The molecule has 516 valence electrons. The van der Waals surface area contributed by atoms with E-state index in [4.69, 9.17) is 37.0 Å². The van der Waals surface area contributed by atoms with Crippen LogP contribution in [0.4, 0.5) is 0 Å². The fourth-order valence-electron chi connectivity index (χ4n) is 10.1. The van der Waals surface area contributed by atoms with Gasteiger partial charge >= 0.3 is 39.5 Å². The van der Waals surface area contributed by atoms with Crippen molar-refractivity contribution in [2.75, 3.05) is 39.6 Å². The average Bonchev–Trinajstić information content (AvgIpc) is 3.49. The second-order valence-electron chi connectivity index (χ2n) is 26.2. The summed E-state index contributed by atoms with van der Waals surface area (Å²) in [4.78, 5) is 72.4. The zero-order chi connectivity index (χ0) is 64.7. The van der Waals surface area contributed by atoms with Crippen molar-refractivity contribution < 1.29 is 80.2 Å². The van der Waals surface area contributed by atoms with E-state index in [0.717, 1.165) is 108 Å². The first-order valence-corrected chi connectivity index (χ1v) is 38.2. The third kappa shape index (κ3) is 61.3. The third-order valence-electron chi connectivity index (χ3n) is 15.9. The highest BCUT2D eigenvalue weighted by Crippen LogP contribution is 2.45. The van der Waals surface area contributed by atoms with Gasteiger partial charge in [0.05, 0.1) is 26.4 Å². The van der Waals surface area contributed by atoms with Gasteiger partial charge in [0, 0.05) is 25.7 Å². The number of aliphatic hydroxyl groups is 1. The summed E-state index contributed by atoms with van der Waals surface area (Å²) in [6.45, 7) is 14.0. The topological polar surface area (TPSA) is 237 Å². The van der Waals surface area contributed by atoms with Gasteiger partial charge in [0.1, 0.15) is 19.3 Å². The molecule has 87 heavy (non-hydrogen) atoms. The summed E-state index contributed by atoms with van der Waals surface area (Å²) in [6.07, 6.45) is 39.2. The second-order valence-corrected chi connectivity index (χ2v) is 29.1. The highest BCUT2D eigenvalue weighted by atomic mass is 31.2. The molecule has 0 amide bonds. The maximum Gasteiger partial charge on any atom is 0.472 e. The van der Waals surface area contributed by atoms with Crippen LogP contribution in [0, 0.1) is 23.7 Å². The summed E-state index contributed by atoms with van der Waals surface area (Å²) < 4.78 is 68.1. The first-order chi connectivity index (χ1) is 41.6. The predicted molar refractivity (Wildman–Crippen MR) is 349 cm³/mol. The average molecular weight is 1280 g/mol. The van der Waals surface area contributed by atoms with Gasteiger partial charge in [-0.2, -0.15) is 0 Å². The maximum absolute atomic E-state index is 13.0. The smallest absolute Gasteiger partial charge is 0.462 e. The molecule has 0 bridgehead atoms. The van der Waals surface area contributed by atoms with Crippen LogP contribution in [-0.2, 0) is 65.4 Å². The van der Waals surface area contributed by atoms with Gasteiger partial charge in [-0.1, -0.05) is 280 Å². The van der Waals surface area contributed by atoms with Crippen LogP contribution < -0.4 is 0 Å². The van der Waals surface area contributed by atoms with Gasteiger partial charge in [-0.25, -0.2) is 9.13 Å². The molecular weight excluding hydrogens is 1150 g/mol. The van der Waals surface area contributed by atoms with Crippen LogP contribution in [0.5, 0.6) is 0 Å². The Morgan fingerprint density at radius 2 is 0.552 bits per heavy atom. The molecule has 0 aromatic carbocycles. The van der Waals surface area contributed by atoms with Gasteiger partial charge in [-0.05, 0) is 49.4 Å². The van der Waals surface area contributed by atoms with E-state index in [0.29, 0.717) is 37.5 Å². The molecule has 0 rings (SSSR count). The van der Waals surface area contributed by atoms with Gasteiger partial charge in [0.2, 0.25) is 0 Å². The van der Waals surface area contributed by atoms with E-state index in [2.05, 4.69) is 55.4 Å². The Labute approximate surface area is 530 Å². The molecule has 0 aliphatic heterocycles. The van der Waals surface area contributed by atoms with Crippen LogP contribution >= 0.6 is 15.6 Å². The van der Waals surface area contributed by atoms with Gasteiger partial charge in [-0.15, -0.1) is 0 Å². The lowest BCUT2D eigenvalue weighted by Crippen LogP contribution is -2.30. The Balaban J connectivity index is 5.21. The summed E-state index contributed by atoms with van der Waals surface area (Å²) in [6, 6.07) is 0. The zero-order valence-corrected chi connectivity index (χ0v) is 58.4. The van der Waals surface area contributed by atoms with Gasteiger partial charge in [0.25, 0.3) is 0 Å². The number of hydrogen-bond acceptors (Lipinski definition) is 15. The number of phosphoric ester groups is 2. The number of rotatable bonds is 65. The second kappa shape index (κ2) is 57.9. The molecule has 0 saturated heterocycles. The lowest BCUT2D eigenvalue weighted by molar-refractivity contribution is -0.161. The first kappa shape index (κ1) is 85.1. The fourth-order valence-corrected chi connectivity index (χ4v) is 11.7. The van der Waals surface area contributed by atoms with Crippen molar-refractivity contribution in [2.24, 2.45) is 23.7 Å².